The van der Waals surface area contributed by atoms with Crippen LogP contribution in [-0.2, 0) is 0 Å². The van der Waals surface area contributed by atoms with Crippen molar-refractivity contribution < 1.29 is 0 Å². The smallest absolute Gasteiger partial charge is 0.00967 e. The van der Waals surface area contributed by atoms with Gasteiger partial charge in [0.05, 0.1) is 0 Å². The zero-order valence-electron chi connectivity index (χ0n) is 13.7. The van der Waals surface area contributed by atoms with E-state index in [9.17, 15) is 0 Å². The summed E-state index contributed by atoms with van der Waals surface area (Å²) in [4.78, 5) is 0. The molecule has 1 heteroatoms. The molecule has 1 aromatic rings. The van der Waals surface area contributed by atoms with Crippen molar-refractivity contribution in [2.45, 2.75) is 71.3 Å². The van der Waals surface area contributed by atoms with Crippen molar-refractivity contribution in [1.82, 2.24) is 5.32 Å². The molecule has 1 nitrogen and oxygen atoms in total. The van der Waals surface area contributed by atoms with E-state index in [1.807, 2.05) is 0 Å². The van der Waals surface area contributed by atoms with Gasteiger partial charge in [0, 0.05) is 12.1 Å². The molecule has 1 fully saturated rings. The van der Waals surface area contributed by atoms with E-state index < -0.39 is 0 Å². The van der Waals surface area contributed by atoms with Gasteiger partial charge in [-0.05, 0) is 63.5 Å². The molecule has 0 spiro atoms. The van der Waals surface area contributed by atoms with Crippen molar-refractivity contribution in [2.75, 3.05) is 6.54 Å². The molecule has 0 aromatic heterocycles. The van der Waals surface area contributed by atoms with Crippen molar-refractivity contribution in [3.05, 3.63) is 35.4 Å². The molecule has 1 aliphatic carbocycles. The summed E-state index contributed by atoms with van der Waals surface area (Å²) in [5, 5.41) is 3.74. The molecular formula is C19H31N. The van der Waals surface area contributed by atoms with Crippen molar-refractivity contribution in [3.8, 4) is 0 Å². The van der Waals surface area contributed by atoms with Crippen LogP contribution < -0.4 is 5.32 Å². The normalized spacial score (nSPS) is 19.0. The Morgan fingerprint density at radius 2 is 1.75 bits per heavy atom. The van der Waals surface area contributed by atoms with Crippen LogP contribution in [-0.4, -0.2) is 12.1 Å². The van der Waals surface area contributed by atoms with Crippen LogP contribution in [0.1, 0.15) is 69.9 Å². The molecule has 1 unspecified atom stereocenters. The molecule has 20 heavy (non-hydrogen) atoms. The van der Waals surface area contributed by atoms with Gasteiger partial charge in [-0.25, -0.2) is 0 Å². The van der Waals surface area contributed by atoms with Crippen molar-refractivity contribution in [2.24, 2.45) is 5.92 Å². The summed E-state index contributed by atoms with van der Waals surface area (Å²) in [5.41, 5.74) is 3.23. The Bertz CT molecular complexity index is 410. The minimum Gasteiger partial charge on any atom is -0.311 e. The zero-order valence-corrected chi connectivity index (χ0v) is 13.7. The second-order valence-electron chi connectivity index (χ2n) is 7.49. The van der Waals surface area contributed by atoms with Crippen LogP contribution in [0.3, 0.4) is 0 Å². The van der Waals surface area contributed by atoms with Crippen molar-refractivity contribution >= 4 is 0 Å². The predicted octanol–water partition coefficient (Wildman–Crippen LogP) is 5.05. The topological polar surface area (TPSA) is 12.0 Å². The SMILES string of the molecule is Cc1ccccc1C(CNC(C)(C)C)C1CCCCC1. The van der Waals surface area contributed by atoms with Crippen LogP contribution in [0.2, 0.25) is 0 Å². The third kappa shape index (κ3) is 4.34. The summed E-state index contributed by atoms with van der Waals surface area (Å²) in [6.07, 6.45) is 7.09. The Morgan fingerprint density at radius 1 is 1.10 bits per heavy atom. The highest BCUT2D eigenvalue weighted by Gasteiger charge is 2.27. The van der Waals surface area contributed by atoms with Crippen LogP contribution in [0.25, 0.3) is 0 Å². The minimum atomic E-state index is 0.204. The first-order valence-corrected chi connectivity index (χ1v) is 8.28. The number of hydrogen-bond acceptors (Lipinski definition) is 1. The molecule has 0 heterocycles. The van der Waals surface area contributed by atoms with Crippen LogP contribution in [0.15, 0.2) is 24.3 Å². The number of benzene rings is 1. The molecule has 2 rings (SSSR count). The summed E-state index contributed by atoms with van der Waals surface area (Å²) in [7, 11) is 0. The van der Waals surface area contributed by atoms with Gasteiger partial charge in [-0.15, -0.1) is 0 Å². The number of nitrogens with one attached hydrogen (secondary N) is 1. The average molecular weight is 273 g/mol. The maximum Gasteiger partial charge on any atom is 0.00967 e. The Balaban J connectivity index is 2.17. The van der Waals surface area contributed by atoms with E-state index in [1.54, 1.807) is 5.56 Å². The molecule has 0 amide bonds. The minimum absolute atomic E-state index is 0.204. The average Bonchev–Trinajstić information content (AvgIpc) is 2.41. The van der Waals surface area contributed by atoms with E-state index in [2.05, 4.69) is 57.3 Å². The molecule has 1 N–H and O–H groups in total. The summed E-state index contributed by atoms with van der Waals surface area (Å²) >= 11 is 0. The second kappa shape index (κ2) is 6.76. The largest absolute Gasteiger partial charge is 0.311 e. The maximum atomic E-state index is 3.74. The Morgan fingerprint density at radius 3 is 2.35 bits per heavy atom. The molecule has 1 atom stereocenters. The van der Waals surface area contributed by atoms with Crippen LogP contribution >= 0.6 is 0 Å². The van der Waals surface area contributed by atoms with Crippen molar-refractivity contribution in [1.29, 1.82) is 0 Å². The van der Waals surface area contributed by atoms with Crippen molar-refractivity contribution in [3.63, 3.8) is 0 Å². The van der Waals surface area contributed by atoms with Gasteiger partial charge in [0.15, 0.2) is 0 Å². The Kier molecular flexibility index (Phi) is 5.26. The highest BCUT2D eigenvalue weighted by Crippen LogP contribution is 2.37. The summed E-state index contributed by atoms with van der Waals surface area (Å²) < 4.78 is 0. The van der Waals surface area contributed by atoms with Crippen LogP contribution in [0, 0.1) is 12.8 Å². The standard InChI is InChI=1S/C19H31N/c1-15-10-8-9-13-17(15)18(14-20-19(2,3)4)16-11-6-5-7-12-16/h8-10,13,16,18,20H,5-7,11-12,14H2,1-4H3. The molecule has 1 aromatic carbocycles. The summed E-state index contributed by atoms with van der Waals surface area (Å²) in [6, 6.07) is 8.98. The summed E-state index contributed by atoms with van der Waals surface area (Å²) in [6.45, 7) is 10.2. The number of aryl methyl sites for hydroxylation is 1. The van der Waals surface area contributed by atoms with E-state index in [-0.39, 0.29) is 5.54 Å². The van der Waals surface area contributed by atoms with Gasteiger partial charge >= 0.3 is 0 Å². The third-order valence-corrected chi connectivity index (χ3v) is 4.66. The highest BCUT2D eigenvalue weighted by atomic mass is 14.9. The molecule has 0 bridgehead atoms. The molecule has 0 aliphatic heterocycles. The van der Waals surface area contributed by atoms with Gasteiger partial charge < -0.3 is 5.32 Å². The first kappa shape index (κ1) is 15.6. The van der Waals surface area contributed by atoms with E-state index in [1.165, 1.54) is 37.7 Å². The lowest BCUT2D eigenvalue weighted by Crippen LogP contribution is -2.40. The first-order valence-electron chi connectivity index (χ1n) is 8.28. The fourth-order valence-electron chi connectivity index (χ4n) is 3.49. The number of hydrogen-bond donors (Lipinski definition) is 1. The first-order chi connectivity index (χ1) is 9.47. The zero-order chi connectivity index (χ0) is 14.6. The van der Waals surface area contributed by atoms with Gasteiger partial charge in [-0.2, -0.15) is 0 Å². The van der Waals surface area contributed by atoms with Gasteiger partial charge in [0.25, 0.3) is 0 Å². The van der Waals surface area contributed by atoms with E-state index in [0.29, 0.717) is 5.92 Å². The summed E-state index contributed by atoms with van der Waals surface area (Å²) in [5.74, 6) is 1.54. The fourth-order valence-corrected chi connectivity index (χ4v) is 3.49. The molecule has 112 valence electrons. The fraction of sp³-hybridized carbons (Fsp3) is 0.684. The van der Waals surface area contributed by atoms with Gasteiger partial charge in [-0.3, -0.25) is 0 Å². The monoisotopic (exact) mass is 273 g/mol. The number of rotatable bonds is 4. The highest BCUT2D eigenvalue weighted by molar-refractivity contribution is 5.30. The van der Waals surface area contributed by atoms with E-state index >= 15 is 0 Å². The quantitative estimate of drug-likeness (QED) is 0.809. The predicted molar refractivity (Wildman–Crippen MR) is 88.3 cm³/mol. The van der Waals surface area contributed by atoms with Gasteiger partial charge in [-0.1, -0.05) is 43.5 Å². The van der Waals surface area contributed by atoms with E-state index in [0.717, 1.165) is 12.5 Å². The Hall–Kier alpha value is -0.820. The lowest BCUT2D eigenvalue weighted by atomic mass is 9.75. The second-order valence-corrected chi connectivity index (χ2v) is 7.49. The Labute approximate surface area is 125 Å². The van der Waals surface area contributed by atoms with Crippen LogP contribution in [0.4, 0.5) is 0 Å². The lowest BCUT2D eigenvalue weighted by Gasteiger charge is -2.34. The molecule has 1 saturated carbocycles. The third-order valence-electron chi connectivity index (χ3n) is 4.66. The van der Waals surface area contributed by atoms with Crippen LogP contribution in [0.5, 0.6) is 0 Å². The molecular weight excluding hydrogens is 242 g/mol. The molecule has 0 radical (unpaired) electrons. The lowest BCUT2D eigenvalue weighted by molar-refractivity contribution is 0.279. The van der Waals surface area contributed by atoms with Gasteiger partial charge in [0.1, 0.15) is 0 Å². The molecule has 0 saturated heterocycles. The van der Waals surface area contributed by atoms with Gasteiger partial charge in [0.2, 0.25) is 0 Å². The maximum absolute atomic E-state index is 3.74. The molecule has 1 aliphatic rings. The van der Waals surface area contributed by atoms with E-state index in [4.69, 9.17) is 0 Å².